The third kappa shape index (κ3) is 1.84. The first kappa shape index (κ1) is 8.76. The van der Waals surface area contributed by atoms with Crippen LogP contribution in [0.15, 0.2) is 24.3 Å². The molecule has 5 nitrogen and oxygen atoms in total. The monoisotopic (exact) mass is 187 g/mol. The second kappa shape index (κ2) is 3.38. The Morgan fingerprint density at radius 2 is 1.92 bits per heavy atom. The average molecular weight is 188 g/mol. The van der Waals surface area contributed by atoms with Crippen molar-refractivity contribution in [2.24, 2.45) is 5.84 Å². The highest BCUT2D eigenvalue weighted by molar-refractivity contribution is 6.24. The lowest BCUT2D eigenvalue weighted by Gasteiger charge is -2.06. The number of nitro benzene ring substituents is 1. The number of hydrogen-bond donors (Lipinski definition) is 1. The van der Waals surface area contributed by atoms with Crippen LogP contribution >= 0.6 is 11.8 Å². The molecule has 1 aromatic carbocycles. The van der Waals surface area contributed by atoms with E-state index in [0.717, 1.165) is 4.53 Å². The summed E-state index contributed by atoms with van der Waals surface area (Å²) in [6.45, 7) is 0. The van der Waals surface area contributed by atoms with E-state index in [4.69, 9.17) is 17.6 Å². The summed E-state index contributed by atoms with van der Waals surface area (Å²) in [6.07, 6.45) is 0. The average Bonchev–Trinajstić information content (AvgIpc) is 2.04. The van der Waals surface area contributed by atoms with E-state index < -0.39 is 4.92 Å². The highest BCUT2D eigenvalue weighted by Gasteiger charge is 2.04. The van der Waals surface area contributed by atoms with Crippen LogP contribution in [-0.4, -0.2) is 4.92 Å². The minimum absolute atomic E-state index is 0.0114. The summed E-state index contributed by atoms with van der Waals surface area (Å²) in [5, 5.41) is 10.2. The van der Waals surface area contributed by atoms with Gasteiger partial charge in [-0.25, -0.2) is 10.4 Å². The summed E-state index contributed by atoms with van der Waals surface area (Å²) < 4.78 is 0.865. The van der Waals surface area contributed by atoms with E-state index >= 15 is 0 Å². The van der Waals surface area contributed by atoms with Gasteiger partial charge in [-0.15, -0.1) is 0 Å². The van der Waals surface area contributed by atoms with Gasteiger partial charge in [-0.05, 0) is 12.1 Å². The SMILES string of the molecule is NN(Cl)c1ccc([N+](=O)[O-])cc1. The predicted molar refractivity (Wildman–Crippen MR) is 45.6 cm³/mol. The van der Waals surface area contributed by atoms with E-state index in [-0.39, 0.29) is 5.69 Å². The molecule has 0 atom stereocenters. The first-order valence-corrected chi connectivity index (χ1v) is 3.40. The summed E-state index contributed by atoms with van der Waals surface area (Å²) in [6, 6.07) is 5.59. The van der Waals surface area contributed by atoms with Crippen LogP contribution in [0.3, 0.4) is 0 Å². The van der Waals surface area contributed by atoms with Crippen molar-refractivity contribution in [1.29, 1.82) is 0 Å². The second-order valence-electron chi connectivity index (χ2n) is 2.08. The Kier molecular flexibility index (Phi) is 2.47. The molecule has 0 bridgehead atoms. The summed E-state index contributed by atoms with van der Waals surface area (Å²) in [5.41, 5.74) is 0.513. The topological polar surface area (TPSA) is 72.4 Å². The van der Waals surface area contributed by atoms with Crippen molar-refractivity contribution in [3.05, 3.63) is 34.4 Å². The molecule has 0 saturated carbocycles. The van der Waals surface area contributed by atoms with E-state index in [2.05, 4.69) is 0 Å². The molecule has 0 aliphatic rings. The van der Waals surface area contributed by atoms with Crippen LogP contribution in [0.5, 0.6) is 0 Å². The lowest BCUT2D eigenvalue weighted by molar-refractivity contribution is -0.384. The van der Waals surface area contributed by atoms with Gasteiger partial charge in [-0.3, -0.25) is 10.1 Å². The largest absolute Gasteiger partial charge is 0.269 e. The number of nitro groups is 1. The van der Waals surface area contributed by atoms with Crippen molar-refractivity contribution in [3.63, 3.8) is 0 Å². The number of halogens is 1. The standard InChI is InChI=1S/C6H6ClN3O2/c7-9(8)5-1-3-6(4-2-5)10(11)12/h1-4H,8H2. The van der Waals surface area contributed by atoms with E-state index in [1.54, 1.807) is 0 Å². The summed E-state index contributed by atoms with van der Waals surface area (Å²) in [4.78, 5) is 9.72. The number of rotatable bonds is 2. The fourth-order valence-corrected chi connectivity index (χ4v) is 0.829. The predicted octanol–water partition coefficient (Wildman–Crippen LogP) is 1.43. The highest BCUT2D eigenvalue weighted by atomic mass is 35.5. The van der Waals surface area contributed by atoms with Crippen molar-refractivity contribution in [2.75, 3.05) is 4.53 Å². The zero-order valence-corrected chi connectivity index (χ0v) is 6.73. The number of benzene rings is 1. The first-order chi connectivity index (χ1) is 5.61. The molecule has 0 unspecified atom stereocenters. The van der Waals surface area contributed by atoms with Gasteiger partial charge in [-0.2, -0.15) is 0 Å². The maximum absolute atomic E-state index is 10.2. The molecule has 1 rings (SSSR count). The second-order valence-corrected chi connectivity index (χ2v) is 2.45. The Morgan fingerprint density at radius 3 is 2.25 bits per heavy atom. The third-order valence-corrected chi connectivity index (χ3v) is 1.50. The van der Waals surface area contributed by atoms with Crippen LogP contribution in [0, 0.1) is 10.1 Å². The number of anilines is 1. The molecule has 6 heteroatoms. The van der Waals surface area contributed by atoms with Crippen LogP contribution in [0.2, 0.25) is 0 Å². The van der Waals surface area contributed by atoms with Gasteiger partial charge in [0.05, 0.1) is 10.6 Å². The van der Waals surface area contributed by atoms with Crippen LogP contribution in [0.1, 0.15) is 0 Å². The van der Waals surface area contributed by atoms with Gasteiger partial charge in [0.15, 0.2) is 0 Å². The lowest BCUT2D eigenvalue weighted by Crippen LogP contribution is -2.17. The molecule has 12 heavy (non-hydrogen) atoms. The molecule has 0 aliphatic heterocycles. The zero-order valence-electron chi connectivity index (χ0n) is 5.98. The molecular formula is C6H6ClN3O2. The highest BCUT2D eigenvalue weighted by Crippen LogP contribution is 2.17. The van der Waals surface area contributed by atoms with Crippen LogP contribution in [-0.2, 0) is 0 Å². The van der Waals surface area contributed by atoms with Crippen LogP contribution in [0.4, 0.5) is 11.4 Å². The van der Waals surface area contributed by atoms with Gasteiger partial charge in [0.25, 0.3) is 5.69 Å². The van der Waals surface area contributed by atoms with Gasteiger partial charge >= 0.3 is 0 Å². The van der Waals surface area contributed by atoms with Crippen molar-refractivity contribution in [1.82, 2.24) is 0 Å². The number of nitrogens with two attached hydrogens (primary N) is 1. The molecule has 0 amide bonds. The zero-order chi connectivity index (χ0) is 9.14. The van der Waals surface area contributed by atoms with Gasteiger partial charge < -0.3 is 0 Å². The van der Waals surface area contributed by atoms with Gasteiger partial charge in [0.1, 0.15) is 0 Å². The molecule has 1 aromatic rings. The molecule has 0 saturated heterocycles. The quantitative estimate of drug-likeness (QED) is 0.329. The Balaban J connectivity index is 2.93. The Hall–Kier alpha value is -1.33. The molecule has 0 aliphatic carbocycles. The van der Waals surface area contributed by atoms with Crippen molar-refractivity contribution < 1.29 is 4.92 Å². The fraction of sp³-hybridized carbons (Fsp3) is 0. The lowest BCUT2D eigenvalue weighted by atomic mass is 10.3. The fourth-order valence-electron chi connectivity index (χ4n) is 0.717. The number of hydrogen-bond acceptors (Lipinski definition) is 4. The Bertz CT molecular complexity index is 285. The normalized spacial score (nSPS) is 9.50. The summed E-state index contributed by atoms with van der Waals surface area (Å²) >= 11 is 5.38. The molecule has 0 fully saturated rings. The number of hydrazine groups is 1. The molecule has 0 spiro atoms. The van der Waals surface area contributed by atoms with Crippen LogP contribution in [0.25, 0.3) is 0 Å². The number of nitrogens with zero attached hydrogens (tertiary/aromatic N) is 2. The molecule has 2 N–H and O–H groups in total. The van der Waals surface area contributed by atoms with E-state index in [9.17, 15) is 10.1 Å². The van der Waals surface area contributed by atoms with E-state index in [1.165, 1.54) is 24.3 Å². The Morgan fingerprint density at radius 1 is 1.42 bits per heavy atom. The number of non-ortho nitro benzene ring substituents is 1. The van der Waals surface area contributed by atoms with Crippen molar-refractivity contribution in [2.45, 2.75) is 0 Å². The smallest absolute Gasteiger partial charge is 0.258 e. The molecular weight excluding hydrogens is 182 g/mol. The minimum Gasteiger partial charge on any atom is -0.258 e. The third-order valence-electron chi connectivity index (χ3n) is 1.31. The molecule has 0 aromatic heterocycles. The minimum atomic E-state index is -0.487. The first-order valence-electron chi connectivity index (χ1n) is 3.06. The maximum atomic E-state index is 10.2. The van der Waals surface area contributed by atoms with Gasteiger partial charge in [0, 0.05) is 23.9 Å². The maximum Gasteiger partial charge on any atom is 0.269 e. The molecule has 0 heterocycles. The van der Waals surface area contributed by atoms with E-state index in [1.807, 2.05) is 0 Å². The van der Waals surface area contributed by atoms with Gasteiger partial charge in [0.2, 0.25) is 0 Å². The Labute approximate surface area is 73.6 Å². The molecule has 0 radical (unpaired) electrons. The summed E-state index contributed by atoms with van der Waals surface area (Å²) in [5.74, 6) is 5.17. The van der Waals surface area contributed by atoms with Crippen molar-refractivity contribution in [3.8, 4) is 0 Å². The summed E-state index contributed by atoms with van der Waals surface area (Å²) in [7, 11) is 0. The van der Waals surface area contributed by atoms with Gasteiger partial charge in [-0.1, -0.05) is 0 Å². The van der Waals surface area contributed by atoms with Crippen molar-refractivity contribution >= 4 is 23.2 Å². The molecule has 64 valence electrons. The van der Waals surface area contributed by atoms with Crippen LogP contribution < -0.4 is 10.4 Å². The van der Waals surface area contributed by atoms with E-state index in [0.29, 0.717) is 5.69 Å².